The van der Waals surface area contributed by atoms with Crippen molar-refractivity contribution < 1.29 is 19.4 Å². The summed E-state index contributed by atoms with van der Waals surface area (Å²) in [5, 5.41) is 18.2. The quantitative estimate of drug-likeness (QED) is 0.899. The fourth-order valence-corrected chi connectivity index (χ4v) is 2.12. The normalized spacial score (nSPS) is 17.1. The predicted molar refractivity (Wildman–Crippen MR) is 58.9 cm³/mol. The molecule has 1 aliphatic rings. The average molecular weight is 289 g/mol. The Kier molecular flexibility index (Phi) is 2.66. The van der Waals surface area contributed by atoms with Gasteiger partial charge < -0.3 is 10.2 Å². The minimum absolute atomic E-state index is 0.0161. The van der Waals surface area contributed by atoms with Crippen LogP contribution < -0.4 is 0 Å². The Morgan fingerprint density at radius 2 is 2.12 bits per heavy atom. The van der Waals surface area contributed by atoms with E-state index in [-0.39, 0.29) is 16.6 Å². The number of aromatic hydroxyl groups is 1. The number of rotatable bonds is 3. The van der Waals surface area contributed by atoms with Crippen molar-refractivity contribution in [3.63, 3.8) is 0 Å². The highest BCUT2D eigenvalue weighted by Gasteiger charge is 2.46. The van der Waals surface area contributed by atoms with E-state index in [1.165, 1.54) is 12.1 Å². The number of halogens is 2. The first-order valence-corrected chi connectivity index (χ1v) is 5.64. The highest BCUT2D eigenvalue weighted by atomic mass is 79.9. The van der Waals surface area contributed by atoms with Crippen molar-refractivity contribution >= 4 is 21.9 Å². The number of carbonyl (C=O) groups is 1. The van der Waals surface area contributed by atoms with Crippen LogP contribution in [0.15, 0.2) is 16.6 Å². The maximum atomic E-state index is 13.4. The molecule has 3 nitrogen and oxygen atoms in total. The fourth-order valence-electron chi connectivity index (χ4n) is 1.89. The van der Waals surface area contributed by atoms with Crippen LogP contribution in [0.2, 0.25) is 0 Å². The Morgan fingerprint density at radius 3 is 2.56 bits per heavy atom. The molecule has 0 amide bonds. The first-order chi connectivity index (χ1) is 7.44. The van der Waals surface area contributed by atoms with E-state index >= 15 is 0 Å². The molecule has 0 spiro atoms. The van der Waals surface area contributed by atoms with E-state index in [1.54, 1.807) is 0 Å². The first-order valence-electron chi connectivity index (χ1n) is 4.85. The van der Waals surface area contributed by atoms with Gasteiger partial charge in [-0.3, -0.25) is 4.79 Å². The highest BCUT2D eigenvalue weighted by Crippen LogP contribution is 2.52. The summed E-state index contributed by atoms with van der Waals surface area (Å²) in [5.74, 6) is -1.65. The molecule has 0 saturated heterocycles. The van der Waals surface area contributed by atoms with E-state index in [9.17, 15) is 14.3 Å². The predicted octanol–water partition coefficient (Wildman–Crippen LogP) is 2.80. The Balaban J connectivity index is 2.38. The van der Waals surface area contributed by atoms with Gasteiger partial charge in [-0.1, -0.05) is 0 Å². The third-order valence-corrected chi connectivity index (χ3v) is 3.75. The van der Waals surface area contributed by atoms with Crippen molar-refractivity contribution in [2.75, 3.05) is 0 Å². The topological polar surface area (TPSA) is 57.5 Å². The molecule has 0 unspecified atom stereocenters. The van der Waals surface area contributed by atoms with Crippen LogP contribution in [0.25, 0.3) is 0 Å². The standard InChI is InChI=1S/C11H10BrFO3/c12-10-7(13)3-6(4-8(10)14)11(1-2-11)5-9(15)16/h3-4,14H,1-2,5H2,(H,15,16). The maximum absolute atomic E-state index is 13.4. The fraction of sp³-hybridized carbons (Fsp3) is 0.364. The second-order valence-corrected chi connectivity index (χ2v) is 4.94. The lowest BCUT2D eigenvalue weighted by molar-refractivity contribution is -0.137. The van der Waals surface area contributed by atoms with Crippen LogP contribution in [0.4, 0.5) is 4.39 Å². The molecule has 0 bridgehead atoms. The van der Waals surface area contributed by atoms with Gasteiger partial charge in [0.05, 0.1) is 10.9 Å². The SMILES string of the molecule is O=C(O)CC1(c2cc(O)c(Br)c(F)c2)CC1. The van der Waals surface area contributed by atoms with E-state index in [0.717, 1.165) is 12.8 Å². The molecule has 0 radical (unpaired) electrons. The zero-order valence-corrected chi connectivity index (χ0v) is 9.92. The molecule has 0 heterocycles. The summed E-state index contributed by atoms with van der Waals surface area (Å²) < 4.78 is 13.4. The van der Waals surface area contributed by atoms with Gasteiger partial charge in [0.25, 0.3) is 0 Å². The molecule has 2 rings (SSSR count). The number of carboxylic acid groups (broad SMARTS) is 1. The van der Waals surface area contributed by atoms with Crippen LogP contribution in [0.3, 0.4) is 0 Å². The van der Waals surface area contributed by atoms with E-state index in [4.69, 9.17) is 5.11 Å². The van der Waals surface area contributed by atoms with Gasteiger partial charge in [-0.2, -0.15) is 0 Å². The molecule has 2 N–H and O–H groups in total. The van der Waals surface area contributed by atoms with Crippen LogP contribution in [0, 0.1) is 5.82 Å². The molecule has 16 heavy (non-hydrogen) atoms. The minimum atomic E-state index is -0.902. The van der Waals surface area contributed by atoms with Gasteiger partial charge in [-0.25, -0.2) is 4.39 Å². The summed E-state index contributed by atoms with van der Waals surface area (Å²) in [6.45, 7) is 0. The van der Waals surface area contributed by atoms with E-state index in [0.29, 0.717) is 5.56 Å². The van der Waals surface area contributed by atoms with Crippen molar-refractivity contribution in [1.29, 1.82) is 0 Å². The number of phenols is 1. The van der Waals surface area contributed by atoms with E-state index < -0.39 is 17.2 Å². The highest BCUT2D eigenvalue weighted by molar-refractivity contribution is 9.10. The molecular weight excluding hydrogens is 279 g/mol. The number of hydrogen-bond donors (Lipinski definition) is 2. The number of aliphatic carboxylic acids is 1. The summed E-state index contributed by atoms with van der Waals surface area (Å²) in [6.07, 6.45) is 1.42. The Hall–Kier alpha value is -1.10. The molecule has 0 aromatic heterocycles. The number of benzene rings is 1. The smallest absolute Gasteiger partial charge is 0.304 e. The lowest BCUT2D eigenvalue weighted by Crippen LogP contribution is -2.13. The first kappa shape index (κ1) is 11.4. The second kappa shape index (κ2) is 3.73. The molecule has 0 aliphatic heterocycles. The molecule has 0 atom stereocenters. The molecule has 1 aromatic carbocycles. The van der Waals surface area contributed by atoms with Crippen LogP contribution >= 0.6 is 15.9 Å². The van der Waals surface area contributed by atoms with E-state index in [1.807, 2.05) is 0 Å². The van der Waals surface area contributed by atoms with Gasteiger partial charge in [0.1, 0.15) is 11.6 Å². The Labute approximate surface area is 100 Å². The molecule has 1 fully saturated rings. The van der Waals surface area contributed by atoms with Gasteiger partial charge in [0, 0.05) is 5.41 Å². The van der Waals surface area contributed by atoms with Gasteiger partial charge in [0.2, 0.25) is 0 Å². The average Bonchev–Trinajstić information content (AvgIpc) is 2.93. The summed E-state index contributed by atoms with van der Waals surface area (Å²) >= 11 is 2.91. The second-order valence-electron chi connectivity index (χ2n) is 4.14. The molecular formula is C11H10BrFO3. The minimum Gasteiger partial charge on any atom is -0.507 e. The largest absolute Gasteiger partial charge is 0.507 e. The van der Waals surface area contributed by atoms with E-state index in [2.05, 4.69) is 15.9 Å². The lowest BCUT2D eigenvalue weighted by Gasteiger charge is -2.14. The van der Waals surface area contributed by atoms with Crippen molar-refractivity contribution in [3.8, 4) is 5.75 Å². The summed E-state index contributed by atoms with van der Waals surface area (Å²) in [6, 6.07) is 2.73. The number of phenolic OH excluding ortho intramolecular Hbond substituents is 1. The van der Waals surface area contributed by atoms with Crippen LogP contribution in [0.1, 0.15) is 24.8 Å². The zero-order valence-electron chi connectivity index (χ0n) is 8.33. The van der Waals surface area contributed by atoms with Crippen molar-refractivity contribution in [2.45, 2.75) is 24.7 Å². The van der Waals surface area contributed by atoms with Gasteiger partial charge in [-0.15, -0.1) is 0 Å². The Bertz CT molecular complexity index is 432. The van der Waals surface area contributed by atoms with Crippen molar-refractivity contribution in [3.05, 3.63) is 28.0 Å². The van der Waals surface area contributed by atoms with Gasteiger partial charge in [0.15, 0.2) is 0 Å². The molecule has 5 heteroatoms. The van der Waals surface area contributed by atoms with Crippen LogP contribution in [0.5, 0.6) is 5.75 Å². The summed E-state index contributed by atoms with van der Waals surface area (Å²) in [4.78, 5) is 10.7. The molecule has 1 aromatic rings. The van der Waals surface area contributed by atoms with Crippen LogP contribution in [-0.4, -0.2) is 16.2 Å². The lowest BCUT2D eigenvalue weighted by atomic mass is 9.92. The third kappa shape index (κ3) is 1.91. The van der Waals surface area contributed by atoms with Crippen LogP contribution in [-0.2, 0) is 10.2 Å². The van der Waals surface area contributed by atoms with Gasteiger partial charge >= 0.3 is 5.97 Å². The molecule has 86 valence electrons. The van der Waals surface area contributed by atoms with Crippen molar-refractivity contribution in [1.82, 2.24) is 0 Å². The van der Waals surface area contributed by atoms with Gasteiger partial charge in [-0.05, 0) is 46.5 Å². The monoisotopic (exact) mass is 288 g/mol. The van der Waals surface area contributed by atoms with Crippen molar-refractivity contribution in [2.24, 2.45) is 0 Å². The molecule has 1 aliphatic carbocycles. The number of carboxylic acids is 1. The number of hydrogen-bond acceptors (Lipinski definition) is 2. The molecule has 1 saturated carbocycles. The third-order valence-electron chi connectivity index (χ3n) is 2.96. The summed E-state index contributed by atoms with van der Waals surface area (Å²) in [5.41, 5.74) is 0.0818. The maximum Gasteiger partial charge on any atom is 0.304 e. The zero-order chi connectivity index (χ0) is 11.9. The summed E-state index contributed by atoms with van der Waals surface area (Å²) in [7, 11) is 0. The Morgan fingerprint density at radius 1 is 1.50 bits per heavy atom.